The molecule has 0 aliphatic heterocycles. The summed E-state index contributed by atoms with van der Waals surface area (Å²) in [6.45, 7) is 3.09. The molecule has 0 aliphatic rings. The van der Waals surface area contributed by atoms with E-state index in [0.717, 1.165) is 24.9 Å². The molecule has 0 saturated heterocycles. The van der Waals surface area contributed by atoms with Gasteiger partial charge in [0.2, 0.25) is 0 Å². The summed E-state index contributed by atoms with van der Waals surface area (Å²) in [7, 11) is -2.37. The molecule has 0 aromatic heterocycles. The minimum absolute atomic E-state index is 0.797. The summed E-state index contributed by atoms with van der Waals surface area (Å²) in [5.41, 5.74) is 1.32. The number of benzene rings is 4. The number of hydrogen-bond acceptors (Lipinski definition) is 1. The van der Waals surface area contributed by atoms with Crippen molar-refractivity contribution in [1.82, 2.24) is 0 Å². The molecule has 0 atom stereocenters. The van der Waals surface area contributed by atoms with Gasteiger partial charge in [-0.3, -0.25) is 0 Å². The standard InChI is InChI=1S/C41H55OP/c1-2-3-4-5-6-7-8-9-10-11-12-13-14-26-35-42-41-34-25-24-27-37(41)36-43(38-28-18-15-19-29-38,39-30-20-16-21-31-39)40-32-22-17-23-33-40/h15-25,27-34,43H,2-14,26,35-36H2,1H3. The van der Waals surface area contributed by atoms with Crippen molar-refractivity contribution in [3.63, 3.8) is 0 Å². The molecule has 0 amide bonds. The average Bonchev–Trinajstić information content (AvgIpc) is 3.07. The monoisotopic (exact) mass is 594 g/mol. The van der Waals surface area contributed by atoms with Gasteiger partial charge in [-0.25, -0.2) is 0 Å². The van der Waals surface area contributed by atoms with Gasteiger partial charge in [-0.1, -0.05) is 51.9 Å². The van der Waals surface area contributed by atoms with Gasteiger partial charge < -0.3 is 0 Å². The van der Waals surface area contributed by atoms with Gasteiger partial charge in [0.25, 0.3) is 0 Å². The quantitative estimate of drug-likeness (QED) is 0.0689. The molecular formula is C41H55OP. The Morgan fingerprint density at radius 2 is 0.791 bits per heavy atom. The second-order valence-corrected chi connectivity index (χ2v) is 16.1. The van der Waals surface area contributed by atoms with Crippen molar-refractivity contribution in [3.8, 4) is 5.75 Å². The van der Waals surface area contributed by atoms with Crippen LogP contribution in [0.15, 0.2) is 115 Å². The van der Waals surface area contributed by atoms with Crippen LogP contribution in [0, 0.1) is 0 Å². The van der Waals surface area contributed by atoms with E-state index in [1.54, 1.807) is 0 Å². The second-order valence-electron chi connectivity index (χ2n) is 12.2. The number of para-hydroxylation sites is 1. The Bertz CT molecular complexity index is 1160. The summed E-state index contributed by atoms with van der Waals surface area (Å²) in [6.07, 6.45) is 20.2. The summed E-state index contributed by atoms with van der Waals surface area (Å²) < 4.78 is 6.52. The Morgan fingerprint density at radius 1 is 0.419 bits per heavy atom. The van der Waals surface area contributed by atoms with Crippen molar-refractivity contribution in [2.75, 3.05) is 6.61 Å². The molecule has 0 saturated carbocycles. The zero-order chi connectivity index (χ0) is 29.8. The number of rotatable bonds is 21. The average molecular weight is 595 g/mol. The van der Waals surface area contributed by atoms with Gasteiger partial charge in [-0.15, -0.1) is 0 Å². The van der Waals surface area contributed by atoms with Crippen molar-refractivity contribution < 1.29 is 4.74 Å². The maximum absolute atomic E-state index is 6.52. The van der Waals surface area contributed by atoms with Crippen LogP contribution in [-0.4, -0.2) is 6.61 Å². The van der Waals surface area contributed by atoms with E-state index < -0.39 is 7.26 Å². The van der Waals surface area contributed by atoms with Crippen LogP contribution in [0.2, 0.25) is 0 Å². The van der Waals surface area contributed by atoms with Gasteiger partial charge in [-0.05, 0) is 0 Å². The van der Waals surface area contributed by atoms with E-state index >= 15 is 0 Å². The molecule has 43 heavy (non-hydrogen) atoms. The Balaban J connectivity index is 1.31. The fourth-order valence-corrected chi connectivity index (χ4v) is 11.3. The normalized spacial score (nSPS) is 11.8. The molecule has 1 nitrogen and oxygen atoms in total. The summed E-state index contributed by atoms with van der Waals surface area (Å²) in [6, 6.07) is 42.4. The van der Waals surface area contributed by atoms with Crippen molar-refractivity contribution in [2.45, 2.75) is 103 Å². The van der Waals surface area contributed by atoms with Gasteiger partial charge in [0, 0.05) is 0 Å². The van der Waals surface area contributed by atoms with Gasteiger partial charge in [0.1, 0.15) is 0 Å². The first kappa shape index (κ1) is 33.0. The number of unbranched alkanes of at least 4 members (excludes halogenated alkanes) is 13. The molecule has 0 spiro atoms. The molecule has 4 aromatic rings. The minimum atomic E-state index is -2.37. The van der Waals surface area contributed by atoms with Crippen LogP contribution >= 0.6 is 7.26 Å². The molecule has 0 unspecified atom stereocenters. The number of hydrogen-bond donors (Lipinski definition) is 0. The molecule has 0 heterocycles. The Morgan fingerprint density at radius 3 is 1.23 bits per heavy atom. The van der Waals surface area contributed by atoms with E-state index in [1.807, 2.05) is 0 Å². The first-order valence-corrected chi connectivity index (χ1v) is 19.4. The third-order valence-electron chi connectivity index (χ3n) is 8.98. The third-order valence-corrected chi connectivity index (χ3v) is 13.9. The predicted octanol–water partition coefficient (Wildman–Crippen LogP) is 10.8. The molecule has 230 valence electrons. The molecule has 0 radical (unpaired) electrons. The molecular weight excluding hydrogens is 539 g/mol. The fourth-order valence-electron chi connectivity index (χ4n) is 6.53. The zero-order valence-corrected chi connectivity index (χ0v) is 27.7. The molecule has 0 aliphatic carbocycles. The van der Waals surface area contributed by atoms with Crippen LogP contribution < -0.4 is 20.7 Å². The summed E-state index contributed by atoms with van der Waals surface area (Å²) >= 11 is 0. The SMILES string of the molecule is CCCCCCCCCCCCCCCCOc1ccccc1C[PH](c1ccccc1)(c1ccccc1)c1ccccc1. The third kappa shape index (κ3) is 10.4. The van der Waals surface area contributed by atoms with Crippen LogP contribution in [0.25, 0.3) is 0 Å². The second kappa shape index (κ2) is 19.4. The molecule has 2 heteroatoms. The van der Waals surface area contributed by atoms with Crippen molar-refractivity contribution in [2.24, 2.45) is 0 Å². The van der Waals surface area contributed by atoms with Gasteiger partial charge in [0.15, 0.2) is 0 Å². The van der Waals surface area contributed by atoms with E-state index in [2.05, 4.69) is 122 Å². The zero-order valence-electron chi connectivity index (χ0n) is 26.7. The maximum atomic E-state index is 6.52. The van der Waals surface area contributed by atoms with Crippen LogP contribution in [0.5, 0.6) is 5.75 Å². The Hall–Kier alpha value is -2.89. The first-order valence-electron chi connectivity index (χ1n) is 17.2. The predicted molar refractivity (Wildman–Crippen MR) is 192 cm³/mol. The van der Waals surface area contributed by atoms with E-state index in [0.29, 0.717) is 0 Å². The van der Waals surface area contributed by atoms with Crippen LogP contribution in [0.4, 0.5) is 0 Å². The van der Waals surface area contributed by atoms with Crippen molar-refractivity contribution >= 4 is 23.2 Å². The van der Waals surface area contributed by atoms with Crippen LogP contribution in [0.1, 0.15) is 102 Å². The van der Waals surface area contributed by atoms with Crippen molar-refractivity contribution in [3.05, 3.63) is 121 Å². The van der Waals surface area contributed by atoms with Crippen LogP contribution in [0.3, 0.4) is 0 Å². The Labute approximate surface area is 263 Å². The molecule has 4 aromatic carbocycles. The summed E-state index contributed by atoms with van der Waals surface area (Å²) in [5.74, 6) is 1.05. The summed E-state index contributed by atoms with van der Waals surface area (Å²) in [5, 5.41) is 4.32. The van der Waals surface area contributed by atoms with Crippen LogP contribution in [-0.2, 0) is 6.16 Å². The number of ether oxygens (including phenoxy) is 1. The van der Waals surface area contributed by atoms with E-state index in [4.69, 9.17) is 4.74 Å². The van der Waals surface area contributed by atoms with Gasteiger partial charge >= 0.3 is 212 Å². The van der Waals surface area contributed by atoms with E-state index in [9.17, 15) is 0 Å². The Kier molecular flexibility index (Phi) is 14.9. The molecule has 0 fully saturated rings. The van der Waals surface area contributed by atoms with Crippen molar-refractivity contribution in [1.29, 1.82) is 0 Å². The topological polar surface area (TPSA) is 9.23 Å². The van der Waals surface area contributed by atoms with Gasteiger partial charge in [-0.2, -0.15) is 0 Å². The van der Waals surface area contributed by atoms with E-state index in [1.165, 1.54) is 105 Å². The molecule has 0 N–H and O–H groups in total. The molecule has 4 rings (SSSR count). The molecule has 0 bridgehead atoms. The van der Waals surface area contributed by atoms with Gasteiger partial charge in [0.05, 0.1) is 0 Å². The van der Waals surface area contributed by atoms with E-state index in [-0.39, 0.29) is 0 Å². The first-order chi connectivity index (χ1) is 21.3. The summed E-state index contributed by atoms with van der Waals surface area (Å²) in [4.78, 5) is 0. The fraction of sp³-hybridized carbons (Fsp3) is 0.415.